The molecule has 1 aliphatic rings. The van der Waals surface area contributed by atoms with Crippen LogP contribution < -0.4 is 10.6 Å². The number of hydrogen-bond donors (Lipinski definition) is 2. The van der Waals surface area contributed by atoms with Crippen LogP contribution in [0.4, 0.5) is 5.69 Å². The zero-order valence-corrected chi connectivity index (χ0v) is 11.5. The lowest BCUT2D eigenvalue weighted by molar-refractivity contribution is -0.128. The van der Waals surface area contributed by atoms with Crippen molar-refractivity contribution in [3.8, 4) is 0 Å². The summed E-state index contributed by atoms with van der Waals surface area (Å²) in [5.74, 6) is -0.346. The molecule has 0 aliphatic carbocycles. The predicted molar refractivity (Wildman–Crippen MR) is 74.4 cm³/mol. The molecule has 3 amide bonds. The molecule has 0 unspecified atom stereocenters. The van der Waals surface area contributed by atoms with Gasteiger partial charge in [0.2, 0.25) is 11.8 Å². The van der Waals surface area contributed by atoms with Crippen LogP contribution in [-0.4, -0.2) is 43.3 Å². The van der Waals surface area contributed by atoms with Gasteiger partial charge in [0, 0.05) is 38.3 Å². The van der Waals surface area contributed by atoms with Crippen LogP contribution in [0.2, 0.25) is 0 Å². The third-order valence-corrected chi connectivity index (χ3v) is 3.12. The van der Waals surface area contributed by atoms with E-state index in [1.165, 1.54) is 4.90 Å². The molecule has 1 aromatic rings. The molecular formula is C14H17N3O3. The Balaban J connectivity index is 1.92. The predicted octanol–water partition coefficient (Wildman–Crippen LogP) is 0.389. The van der Waals surface area contributed by atoms with Gasteiger partial charge in [-0.05, 0) is 17.7 Å². The highest BCUT2D eigenvalue weighted by atomic mass is 16.2. The van der Waals surface area contributed by atoms with Crippen LogP contribution in [0.5, 0.6) is 0 Å². The van der Waals surface area contributed by atoms with Crippen molar-refractivity contribution in [3.05, 3.63) is 29.3 Å². The van der Waals surface area contributed by atoms with Crippen LogP contribution in [-0.2, 0) is 16.0 Å². The van der Waals surface area contributed by atoms with Crippen LogP contribution in [0.15, 0.2) is 18.2 Å². The van der Waals surface area contributed by atoms with E-state index in [2.05, 4.69) is 10.6 Å². The third-order valence-electron chi connectivity index (χ3n) is 3.12. The Hall–Kier alpha value is -2.37. The average Bonchev–Trinajstić information content (AvgIpc) is 2.77. The minimum absolute atomic E-state index is 0.0356. The minimum Gasteiger partial charge on any atom is -0.352 e. The molecule has 0 spiro atoms. The van der Waals surface area contributed by atoms with E-state index in [-0.39, 0.29) is 24.1 Å². The summed E-state index contributed by atoms with van der Waals surface area (Å²) in [5, 5.41) is 5.39. The van der Waals surface area contributed by atoms with E-state index < -0.39 is 0 Å². The Morgan fingerprint density at radius 3 is 2.80 bits per heavy atom. The Morgan fingerprint density at radius 2 is 2.10 bits per heavy atom. The standard InChI is InChI=1S/C14H17N3O3/c1-17(2)13(19)5-6-15-14(20)10-4-3-9-8-12(18)16-11(9)7-10/h3-4,7H,5-6,8H2,1-2H3,(H,15,20)(H,16,18). The second-order valence-electron chi connectivity index (χ2n) is 4.89. The van der Waals surface area contributed by atoms with Gasteiger partial charge in [0.05, 0.1) is 6.42 Å². The molecule has 106 valence electrons. The summed E-state index contributed by atoms with van der Waals surface area (Å²) in [6, 6.07) is 5.11. The maximum absolute atomic E-state index is 11.9. The van der Waals surface area contributed by atoms with Crippen LogP contribution >= 0.6 is 0 Å². The van der Waals surface area contributed by atoms with Gasteiger partial charge >= 0.3 is 0 Å². The van der Waals surface area contributed by atoms with Gasteiger partial charge in [-0.1, -0.05) is 6.07 Å². The largest absolute Gasteiger partial charge is 0.352 e. The maximum atomic E-state index is 11.9. The highest BCUT2D eigenvalue weighted by Crippen LogP contribution is 2.23. The van der Waals surface area contributed by atoms with Crippen LogP contribution in [0.3, 0.4) is 0 Å². The van der Waals surface area contributed by atoms with Crippen molar-refractivity contribution >= 4 is 23.4 Å². The van der Waals surface area contributed by atoms with Crippen molar-refractivity contribution in [1.29, 1.82) is 0 Å². The topological polar surface area (TPSA) is 78.5 Å². The number of benzene rings is 1. The summed E-state index contributed by atoms with van der Waals surface area (Å²) >= 11 is 0. The minimum atomic E-state index is -0.250. The van der Waals surface area contributed by atoms with Gasteiger partial charge in [-0.25, -0.2) is 0 Å². The molecule has 0 atom stereocenters. The molecule has 0 radical (unpaired) electrons. The van der Waals surface area contributed by atoms with E-state index in [1.807, 2.05) is 0 Å². The van der Waals surface area contributed by atoms with Crippen molar-refractivity contribution in [2.75, 3.05) is 26.0 Å². The molecule has 20 heavy (non-hydrogen) atoms. The molecule has 2 rings (SSSR count). The lowest BCUT2D eigenvalue weighted by atomic mass is 10.1. The number of carbonyl (C=O) groups is 3. The Bertz CT molecular complexity index is 567. The summed E-state index contributed by atoms with van der Waals surface area (Å²) < 4.78 is 0. The lowest BCUT2D eigenvalue weighted by Gasteiger charge is -2.10. The molecule has 1 aliphatic heterocycles. The molecule has 0 saturated heterocycles. The molecule has 1 aromatic carbocycles. The average molecular weight is 275 g/mol. The van der Waals surface area contributed by atoms with Crippen molar-refractivity contribution in [3.63, 3.8) is 0 Å². The van der Waals surface area contributed by atoms with E-state index >= 15 is 0 Å². The zero-order chi connectivity index (χ0) is 14.7. The number of nitrogens with one attached hydrogen (secondary N) is 2. The van der Waals surface area contributed by atoms with Gasteiger partial charge in [-0.2, -0.15) is 0 Å². The molecule has 1 heterocycles. The first-order chi connectivity index (χ1) is 9.47. The Morgan fingerprint density at radius 1 is 1.35 bits per heavy atom. The summed E-state index contributed by atoms with van der Waals surface area (Å²) in [6.45, 7) is 0.291. The highest BCUT2D eigenvalue weighted by molar-refractivity contribution is 6.02. The molecule has 0 saturated carbocycles. The first-order valence-corrected chi connectivity index (χ1v) is 6.38. The summed E-state index contributed by atoms with van der Waals surface area (Å²) in [4.78, 5) is 36.0. The van der Waals surface area contributed by atoms with Gasteiger partial charge < -0.3 is 15.5 Å². The number of fused-ring (bicyclic) bond motifs is 1. The van der Waals surface area contributed by atoms with Crippen molar-refractivity contribution in [2.24, 2.45) is 0 Å². The van der Waals surface area contributed by atoms with Crippen LogP contribution in [0.1, 0.15) is 22.3 Å². The van der Waals surface area contributed by atoms with Crippen molar-refractivity contribution in [1.82, 2.24) is 10.2 Å². The number of carbonyl (C=O) groups excluding carboxylic acids is 3. The van der Waals surface area contributed by atoms with E-state index in [0.29, 0.717) is 24.2 Å². The van der Waals surface area contributed by atoms with E-state index in [4.69, 9.17) is 0 Å². The van der Waals surface area contributed by atoms with Crippen LogP contribution in [0, 0.1) is 0 Å². The van der Waals surface area contributed by atoms with E-state index in [1.54, 1.807) is 32.3 Å². The van der Waals surface area contributed by atoms with Crippen molar-refractivity contribution in [2.45, 2.75) is 12.8 Å². The monoisotopic (exact) mass is 275 g/mol. The fourth-order valence-electron chi connectivity index (χ4n) is 1.96. The lowest BCUT2D eigenvalue weighted by Crippen LogP contribution is -2.30. The number of rotatable bonds is 4. The van der Waals surface area contributed by atoms with Gasteiger partial charge in [-0.3, -0.25) is 14.4 Å². The third kappa shape index (κ3) is 3.14. The normalized spacial score (nSPS) is 12.6. The second kappa shape index (κ2) is 5.73. The molecule has 0 fully saturated rings. The van der Waals surface area contributed by atoms with E-state index in [9.17, 15) is 14.4 Å². The van der Waals surface area contributed by atoms with Gasteiger partial charge in [-0.15, -0.1) is 0 Å². The summed E-state index contributed by atoms with van der Waals surface area (Å²) in [7, 11) is 3.35. The molecule has 0 bridgehead atoms. The molecule has 6 heteroatoms. The summed E-state index contributed by atoms with van der Waals surface area (Å²) in [5.41, 5.74) is 2.06. The second-order valence-corrected chi connectivity index (χ2v) is 4.89. The van der Waals surface area contributed by atoms with E-state index in [0.717, 1.165) is 5.56 Å². The van der Waals surface area contributed by atoms with Gasteiger partial charge in [0.15, 0.2) is 0 Å². The molecule has 6 nitrogen and oxygen atoms in total. The number of anilines is 1. The first kappa shape index (κ1) is 14.0. The Kier molecular flexibility index (Phi) is 4.02. The van der Waals surface area contributed by atoms with Gasteiger partial charge in [0.25, 0.3) is 5.91 Å². The highest BCUT2D eigenvalue weighted by Gasteiger charge is 2.19. The fourth-order valence-corrected chi connectivity index (χ4v) is 1.96. The molecule has 2 N–H and O–H groups in total. The summed E-state index contributed by atoms with van der Waals surface area (Å²) in [6.07, 6.45) is 0.620. The van der Waals surface area contributed by atoms with Crippen molar-refractivity contribution < 1.29 is 14.4 Å². The fraction of sp³-hybridized carbons (Fsp3) is 0.357. The quantitative estimate of drug-likeness (QED) is 0.834. The van der Waals surface area contributed by atoms with Crippen LogP contribution in [0.25, 0.3) is 0 Å². The molecular weight excluding hydrogens is 258 g/mol. The molecule has 0 aromatic heterocycles. The number of nitrogens with zero attached hydrogens (tertiary/aromatic N) is 1. The maximum Gasteiger partial charge on any atom is 0.251 e. The van der Waals surface area contributed by atoms with Gasteiger partial charge in [0.1, 0.15) is 0 Å². The zero-order valence-electron chi connectivity index (χ0n) is 11.5. The number of hydrogen-bond acceptors (Lipinski definition) is 3. The number of amides is 3. The first-order valence-electron chi connectivity index (χ1n) is 6.38. The Labute approximate surface area is 117 Å². The SMILES string of the molecule is CN(C)C(=O)CCNC(=O)c1ccc2c(c1)NC(=O)C2. The smallest absolute Gasteiger partial charge is 0.251 e.